The molecule has 0 aliphatic rings. The molecule has 0 radical (unpaired) electrons. The van der Waals surface area contributed by atoms with Crippen molar-refractivity contribution in [1.82, 2.24) is 9.78 Å². The SMILES string of the molecule is OB(O)c1ccc(-n2cc3cc(B(O)O)ccc3n2)c(Cl)c1. The fraction of sp³-hybridized carbons (Fsp3) is 0. The standard InChI is InChI=1S/C13H11B2ClN2O4/c16-11-6-10(15(21)22)2-4-13(11)18-7-8-5-9(14(19)20)1-3-12(8)17-18/h1-7,19-22H. The van der Waals surface area contributed by atoms with Gasteiger partial charge in [0.05, 0.1) is 16.2 Å². The molecule has 0 aliphatic carbocycles. The van der Waals surface area contributed by atoms with Gasteiger partial charge in [-0.1, -0.05) is 29.8 Å². The highest BCUT2D eigenvalue weighted by Gasteiger charge is 2.15. The van der Waals surface area contributed by atoms with Gasteiger partial charge in [-0.25, -0.2) is 4.68 Å². The van der Waals surface area contributed by atoms with Crippen LogP contribution in [0.15, 0.2) is 42.6 Å². The third-order valence-electron chi connectivity index (χ3n) is 3.34. The van der Waals surface area contributed by atoms with E-state index in [0.717, 1.165) is 5.39 Å². The molecule has 3 aromatic rings. The van der Waals surface area contributed by atoms with Gasteiger partial charge in [-0.15, -0.1) is 0 Å². The monoisotopic (exact) mass is 316 g/mol. The Hall–Kier alpha value is -1.83. The summed E-state index contributed by atoms with van der Waals surface area (Å²) in [5, 5.41) is 42.1. The first-order chi connectivity index (χ1) is 10.5. The summed E-state index contributed by atoms with van der Waals surface area (Å²) in [6, 6.07) is 9.52. The molecule has 3 rings (SSSR count). The normalized spacial score (nSPS) is 11.0. The van der Waals surface area contributed by atoms with Crippen LogP contribution < -0.4 is 10.9 Å². The summed E-state index contributed by atoms with van der Waals surface area (Å²) in [4.78, 5) is 0. The Morgan fingerprint density at radius 1 is 0.909 bits per heavy atom. The van der Waals surface area contributed by atoms with Crippen molar-refractivity contribution in [2.24, 2.45) is 0 Å². The minimum Gasteiger partial charge on any atom is -0.423 e. The van der Waals surface area contributed by atoms with Crippen LogP contribution in [0.1, 0.15) is 0 Å². The number of aromatic nitrogens is 2. The van der Waals surface area contributed by atoms with Crippen molar-refractivity contribution >= 4 is 47.7 Å². The second-order valence-electron chi connectivity index (χ2n) is 4.85. The molecule has 6 nitrogen and oxygen atoms in total. The van der Waals surface area contributed by atoms with Crippen LogP contribution >= 0.6 is 11.6 Å². The smallest absolute Gasteiger partial charge is 0.423 e. The van der Waals surface area contributed by atoms with Crippen molar-refractivity contribution in [2.75, 3.05) is 0 Å². The summed E-state index contributed by atoms with van der Waals surface area (Å²) in [6.45, 7) is 0. The predicted octanol–water partition coefficient (Wildman–Crippen LogP) is -0.962. The zero-order valence-electron chi connectivity index (χ0n) is 11.3. The molecule has 0 amide bonds. The molecule has 22 heavy (non-hydrogen) atoms. The first-order valence-electron chi connectivity index (χ1n) is 6.47. The minimum atomic E-state index is -1.59. The summed E-state index contributed by atoms with van der Waals surface area (Å²) in [5.41, 5.74) is 1.91. The third-order valence-corrected chi connectivity index (χ3v) is 3.65. The third kappa shape index (κ3) is 2.75. The first kappa shape index (κ1) is 15.1. The Morgan fingerprint density at radius 2 is 1.55 bits per heavy atom. The number of rotatable bonds is 3. The molecule has 1 heterocycles. The second kappa shape index (κ2) is 5.75. The Balaban J connectivity index is 2.06. The Kier molecular flexibility index (Phi) is 3.94. The Bertz CT molecular complexity index is 838. The zero-order valence-corrected chi connectivity index (χ0v) is 12.0. The quantitative estimate of drug-likeness (QED) is 0.467. The Labute approximate surface area is 131 Å². The van der Waals surface area contributed by atoms with Crippen molar-refractivity contribution < 1.29 is 20.1 Å². The average Bonchev–Trinajstić information content (AvgIpc) is 2.89. The van der Waals surface area contributed by atoms with E-state index in [0.29, 0.717) is 21.7 Å². The van der Waals surface area contributed by atoms with E-state index in [1.807, 2.05) is 0 Å². The predicted molar refractivity (Wildman–Crippen MR) is 85.7 cm³/mol. The molecule has 0 atom stereocenters. The van der Waals surface area contributed by atoms with Gasteiger partial charge in [-0.05, 0) is 29.1 Å². The van der Waals surface area contributed by atoms with Gasteiger partial charge < -0.3 is 20.1 Å². The molecule has 0 aliphatic heterocycles. The van der Waals surface area contributed by atoms with E-state index >= 15 is 0 Å². The lowest BCUT2D eigenvalue weighted by atomic mass is 9.80. The average molecular weight is 316 g/mol. The molecule has 0 saturated heterocycles. The Morgan fingerprint density at radius 3 is 2.18 bits per heavy atom. The molecule has 9 heteroatoms. The maximum absolute atomic E-state index is 9.19. The van der Waals surface area contributed by atoms with Crippen molar-refractivity contribution in [3.05, 3.63) is 47.6 Å². The van der Waals surface area contributed by atoms with Crippen LogP contribution in [0.25, 0.3) is 16.6 Å². The molecule has 0 spiro atoms. The molecule has 0 bridgehead atoms. The summed E-state index contributed by atoms with van der Waals surface area (Å²) < 4.78 is 1.55. The van der Waals surface area contributed by atoms with Gasteiger partial charge in [0.1, 0.15) is 0 Å². The van der Waals surface area contributed by atoms with Gasteiger partial charge in [0.2, 0.25) is 0 Å². The van der Waals surface area contributed by atoms with E-state index in [1.54, 1.807) is 41.2 Å². The van der Waals surface area contributed by atoms with Crippen molar-refractivity contribution in [3.63, 3.8) is 0 Å². The fourth-order valence-electron chi connectivity index (χ4n) is 2.20. The molecule has 110 valence electrons. The number of halogens is 1. The minimum absolute atomic E-state index is 0.288. The van der Waals surface area contributed by atoms with Crippen LogP contribution in [0.2, 0.25) is 5.02 Å². The summed E-state index contributed by atoms with van der Waals surface area (Å²) >= 11 is 6.15. The lowest BCUT2D eigenvalue weighted by molar-refractivity contribution is 0.424. The van der Waals surface area contributed by atoms with Crippen LogP contribution in [0.5, 0.6) is 0 Å². The first-order valence-corrected chi connectivity index (χ1v) is 6.85. The summed E-state index contributed by atoms with van der Waals surface area (Å²) in [6.07, 6.45) is 1.71. The fourth-order valence-corrected chi connectivity index (χ4v) is 2.47. The highest BCUT2D eigenvalue weighted by Crippen LogP contribution is 2.21. The van der Waals surface area contributed by atoms with Crippen molar-refractivity contribution in [1.29, 1.82) is 0 Å². The molecule has 1 aromatic heterocycles. The summed E-state index contributed by atoms with van der Waals surface area (Å²) in [5.74, 6) is 0. The van der Waals surface area contributed by atoms with Gasteiger partial charge in [0.15, 0.2) is 0 Å². The van der Waals surface area contributed by atoms with Crippen LogP contribution in [-0.2, 0) is 0 Å². The van der Waals surface area contributed by atoms with Crippen molar-refractivity contribution in [3.8, 4) is 5.69 Å². The lowest BCUT2D eigenvalue weighted by Gasteiger charge is -2.06. The van der Waals surface area contributed by atoms with Crippen molar-refractivity contribution in [2.45, 2.75) is 0 Å². The van der Waals surface area contributed by atoms with Gasteiger partial charge in [-0.2, -0.15) is 5.10 Å². The van der Waals surface area contributed by atoms with Crippen LogP contribution in [0.4, 0.5) is 0 Å². The van der Waals surface area contributed by atoms with Crippen LogP contribution in [-0.4, -0.2) is 44.1 Å². The number of benzene rings is 2. The van der Waals surface area contributed by atoms with Gasteiger partial charge >= 0.3 is 14.2 Å². The highest BCUT2D eigenvalue weighted by molar-refractivity contribution is 6.59. The highest BCUT2D eigenvalue weighted by atomic mass is 35.5. The van der Waals surface area contributed by atoms with Gasteiger partial charge in [-0.3, -0.25) is 0 Å². The van der Waals surface area contributed by atoms with E-state index in [1.165, 1.54) is 6.07 Å². The topological polar surface area (TPSA) is 98.7 Å². The maximum Gasteiger partial charge on any atom is 0.488 e. The van der Waals surface area contributed by atoms with E-state index in [-0.39, 0.29) is 5.46 Å². The van der Waals surface area contributed by atoms with E-state index in [2.05, 4.69) is 5.10 Å². The second-order valence-corrected chi connectivity index (χ2v) is 5.26. The number of hydrogen-bond donors (Lipinski definition) is 4. The van der Waals surface area contributed by atoms with Gasteiger partial charge in [0.25, 0.3) is 0 Å². The van der Waals surface area contributed by atoms with E-state index in [9.17, 15) is 10.0 Å². The molecule has 0 unspecified atom stereocenters. The largest absolute Gasteiger partial charge is 0.488 e. The molecule has 2 aromatic carbocycles. The molecule has 0 saturated carbocycles. The zero-order chi connectivity index (χ0) is 15.9. The molecular weight excluding hydrogens is 305 g/mol. The van der Waals surface area contributed by atoms with Crippen LogP contribution in [0, 0.1) is 0 Å². The lowest BCUT2D eigenvalue weighted by Crippen LogP contribution is -2.29. The molecule has 4 N–H and O–H groups in total. The van der Waals surface area contributed by atoms with E-state index < -0.39 is 14.2 Å². The number of hydrogen-bond acceptors (Lipinski definition) is 5. The van der Waals surface area contributed by atoms with E-state index in [4.69, 9.17) is 21.6 Å². The molecular formula is C13H11B2ClN2O4. The summed E-state index contributed by atoms with van der Waals surface area (Å²) in [7, 11) is -3.13. The number of nitrogens with zero attached hydrogens (tertiary/aromatic N) is 2. The maximum atomic E-state index is 9.19. The molecule has 0 fully saturated rings. The van der Waals surface area contributed by atoms with Crippen LogP contribution in [0.3, 0.4) is 0 Å². The van der Waals surface area contributed by atoms with Gasteiger partial charge in [0, 0.05) is 11.6 Å². The number of fused-ring (bicyclic) bond motifs is 1.